The van der Waals surface area contributed by atoms with Gasteiger partial charge in [-0.1, -0.05) is 0 Å². The first kappa shape index (κ1) is 8.75. The van der Waals surface area contributed by atoms with E-state index in [2.05, 4.69) is 15.3 Å². The molecule has 0 saturated heterocycles. The highest BCUT2D eigenvalue weighted by atomic mass is 35.5. The lowest BCUT2D eigenvalue weighted by Crippen LogP contribution is -2.01. The SMILES string of the molecule is CCNc1cc(C2CC2)nc(Cl)n1. The number of nitrogens with zero attached hydrogens (tertiary/aromatic N) is 2. The van der Waals surface area contributed by atoms with Crippen molar-refractivity contribution in [1.29, 1.82) is 0 Å². The van der Waals surface area contributed by atoms with Gasteiger partial charge in [0.25, 0.3) is 0 Å². The first-order valence-electron chi connectivity index (χ1n) is 4.58. The lowest BCUT2D eigenvalue weighted by atomic mass is 10.3. The number of hydrogen-bond donors (Lipinski definition) is 1. The summed E-state index contributed by atoms with van der Waals surface area (Å²) in [4.78, 5) is 8.27. The summed E-state index contributed by atoms with van der Waals surface area (Å²) in [5.41, 5.74) is 1.08. The molecule has 1 heterocycles. The largest absolute Gasteiger partial charge is 0.370 e. The summed E-state index contributed by atoms with van der Waals surface area (Å²) in [6.45, 7) is 2.89. The highest BCUT2D eigenvalue weighted by Crippen LogP contribution is 2.39. The van der Waals surface area contributed by atoms with Gasteiger partial charge in [0.1, 0.15) is 5.82 Å². The van der Waals surface area contributed by atoms with Crippen LogP contribution in [0.4, 0.5) is 5.82 Å². The van der Waals surface area contributed by atoms with Crippen LogP contribution in [0.15, 0.2) is 6.07 Å². The minimum absolute atomic E-state index is 0.348. The predicted molar refractivity (Wildman–Crippen MR) is 53.2 cm³/mol. The van der Waals surface area contributed by atoms with Crippen LogP contribution in [0.5, 0.6) is 0 Å². The lowest BCUT2D eigenvalue weighted by Gasteiger charge is -2.04. The summed E-state index contributed by atoms with van der Waals surface area (Å²) >= 11 is 5.80. The zero-order valence-electron chi connectivity index (χ0n) is 7.55. The standard InChI is InChI=1S/C9H12ClN3/c1-2-11-8-5-7(6-3-4-6)12-9(10)13-8/h5-6H,2-4H2,1H3,(H,11,12,13). The first-order valence-corrected chi connectivity index (χ1v) is 4.95. The Kier molecular flexibility index (Phi) is 2.36. The Morgan fingerprint density at radius 1 is 1.54 bits per heavy atom. The summed E-state index contributed by atoms with van der Waals surface area (Å²) in [5.74, 6) is 1.46. The molecule has 4 heteroatoms. The van der Waals surface area contributed by atoms with Crippen LogP contribution >= 0.6 is 11.6 Å². The molecule has 1 aromatic rings. The van der Waals surface area contributed by atoms with Gasteiger partial charge in [0.05, 0.1) is 5.69 Å². The predicted octanol–water partition coefficient (Wildman–Crippen LogP) is 2.44. The molecule has 0 aromatic carbocycles. The van der Waals surface area contributed by atoms with Gasteiger partial charge in [-0.25, -0.2) is 9.97 Å². The molecule has 13 heavy (non-hydrogen) atoms. The van der Waals surface area contributed by atoms with E-state index in [0.717, 1.165) is 18.1 Å². The van der Waals surface area contributed by atoms with Crippen LogP contribution in [0, 0.1) is 0 Å². The van der Waals surface area contributed by atoms with Crippen molar-refractivity contribution in [3.8, 4) is 0 Å². The molecular formula is C9H12ClN3. The minimum atomic E-state index is 0.348. The third kappa shape index (κ3) is 2.10. The van der Waals surface area contributed by atoms with Gasteiger partial charge in [-0.15, -0.1) is 0 Å². The topological polar surface area (TPSA) is 37.8 Å². The van der Waals surface area contributed by atoms with Crippen molar-refractivity contribution in [2.24, 2.45) is 0 Å². The van der Waals surface area contributed by atoms with Crippen molar-refractivity contribution in [3.05, 3.63) is 17.0 Å². The maximum absolute atomic E-state index is 5.80. The monoisotopic (exact) mass is 197 g/mol. The number of rotatable bonds is 3. The zero-order chi connectivity index (χ0) is 9.26. The molecule has 0 radical (unpaired) electrons. The van der Waals surface area contributed by atoms with Crippen molar-refractivity contribution in [2.75, 3.05) is 11.9 Å². The van der Waals surface area contributed by atoms with Gasteiger partial charge in [-0.05, 0) is 31.4 Å². The van der Waals surface area contributed by atoms with Crippen molar-refractivity contribution < 1.29 is 0 Å². The molecule has 70 valence electrons. The van der Waals surface area contributed by atoms with E-state index >= 15 is 0 Å². The Bertz CT molecular complexity index is 310. The fourth-order valence-electron chi connectivity index (χ4n) is 1.30. The van der Waals surface area contributed by atoms with Crippen molar-refractivity contribution in [1.82, 2.24) is 9.97 Å². The normalized spacial score (nSPS) is 15.8. The van der Waals surface area contributed by atoms with Gasteiger partial charge in [0.2, 0.25) is 5.28 Å². The van der Waals surface area contributed by atoms with E-state index in [4.69, 9.17) is 11.6 Å². The second-order valence-electron chi connectivity index (χ2n) is 3.25. The summed E-state index contributed by atoms with van der Waals surface area (Å²) in [6, 6.07) is 1.99. The average Bonchev–Trinajstić information content (AvgIpc) is 2.85. The summed E-state index contributed by atoms with van der Waals surface area (Å²) in [5, 5.41) is 3.48. The average molecular weight is 198 g/mol. The highest BCUT2D eigenvalue weighted by molar-refractivity contribution is 6.28. The lowest BCUT2D eigenvalue weighted by molar-refractivity contribution is 0.982. The Morgan fingerprint density at radius 3 is 2.92 bits per heavy atom. The first-order chi connectivity index (χ1) is 6.29. The fraction of sp³-hybridized carbons (Fsp3) is 0.556. The number of aromatic nitrogens is 2. The van der Waals surface area contributed by atoms with E-state index < -0.39 is 0 Å². The molecule has 1 aliphatic carbocycles. The fourth-order valence-corrected chi connectivity index (χ4v) is 1.48. The maximum Gasteiger partial charge on any atom is 0.224 e. The second kappa shape index (κ2) is 3.50. The Balaban J connectivity index is 2.25. The molecule has 1 saturated carbocycles. The number of halogens is 1. The van der Waals surface area contributed by atoms with Crippen molar-refractivity contribution >= 4 is 17.4 Å². The molecule has 3 nitrogen and oxygen atoms in total. The molecule has 1 fully saturated rings. The van der Waals surface area contributed by atoms with E-state index in [-0.39, 0.29) is 0 Å². The van der Waals surface area contributed by atoms with Crippen molar-refractivity contribution in [3.63, 3.8) is 0 Å². The van der Waals surface area contributed by atoms with Gasteiger partial charge in [0, 0.05) is 18.5 Å². The maximum atomic E-state index is 5.80. The van der Waals surface area contributed by atoms with Gasteiger partial charge < -0.3 is 5.32 Å². The molecule has 0 aliphatic heterocycles. The molecule has 0 amide bonds. The quantitative estimate of drug-likeness (QED) is 0.757. The molecule has 1 aliphatic rings. The third-order valence-electron chi connectivity index (χ3n) is 2.07. The second-order valence-corrected chi connectivity index (χ2v) is 3.59. The van der Waals surface area contributed by atoms with Gasteiger partial charge in [-0.2, -0.15) is 0 Å². The van der Waals surface area contributed by atoms with Crippen LogP contribution in [0.25, 0.3) is 0 Å². The van der Waals surface area contributed by atoms with Gasteiger partial charge in [0.15, 0.2) is 0 Å². The van der Waals surface area contributed by atoms with E-state index in [0.29, 0.717) is 11.2 Å². The van der Waals surface area contributed by atoms with Crippen molar-refractivity contribution in [2.45, 2.75) is 25.7 Å². The van der Waals surface area contributed by atoms with Crippen LogP contribution in [-0.2, 0) is 0 Å². The number of anilines is 1. The highest BCUT2D eigenvalue weighted by Gasteiger charge is 2.25. The molecule has 0 spiro atoms. The van der Waals surface area contributed by atoms with E-state index in [1.54, 1.807) is 0 Å². The summed E-state index contributed by atoms with van der Waals surface area (Å²) in [7, 11) is 0. The Hall–Kier alpha value is -0.830. The Morgan fingerprint density at radius 2 is 2.31 bits per heavy atom. The molecular weight excluding hydrogens is 186 g/mol. The van der Waals surface area contributed by atoms with Crippen LogP contribution in [0.2, 0.25) is 5.28 Å². The smallest absolute Gasteiger partial charge is 0.224 e. The van der Waals surface area contributed by atoms with Crippen LogP contribution < -0.4 is 5.32 Å². The Labute approximate surface area is 82.5 Å². The van der Waals surface area contributed by atoms with E-state index in [1.807, 2.05) is 13.0 Å². The van der Waals surface area contributed by atoms with Crippen LogP contribution in [0.1, 0.15) is 31.4 Å². The third-order valence-corrected chi connectivity index (χ3v) is 2.24. The zero-order valence-corrected chi connectivity index (χ0v) is 8.30. The minimum Gasteiger partial charge on any atom is -0.370 e. The van der Waals surface area contributed by atoms with E-state index in [9.17, 15) is 0 Å². The molecule has 1 N–H and O–H groups in total. The van der Waals surface area contributed by atoms with Gasteiger partial charge in [-0.3, -0.25) is 0 Å². The van der Waals surface area contributed by atoms with E-state index in [1.165, 1.54) is 12.8 Å². The molecule has 2 rings (SSSR count). The van der Waals surface area contributed by atoms with Gasteiger partial charge >= 0.3 is 0 Å². The summed E-state index contributed by atoms with van der Waals surface area (Å²) in [6.07, 6.45) is 2.47. The number of hydrogen-bond acceptors (Lipinski definition) is 3. The van der Waals surface area contributed by atoms with Crippen LogP contribution in [0.3, 0.4) is 0 Å². The van der Waals surface area contributed by atoms with Crippen LogP contribution in [-0.4, -0.2) is 16.5 Å². The molecule has 0 atom stereocenters. The summed E-state index contributed by atoms with van der Waals surface area (Å²) < 4.78 is 0. The molecule has 1 aromatic heterocycles. The molecule has 0 unspecified atom stereocenters. The molecule has 0 bridgehead atoms. The number of nitrogens with one attached hydrogen (secondary N) is 1.